The molecule has 4 heteroatoms. The van der Waals surface area contributed by atoms with Gasteiger partial charge in [-0.3, -0.25) is 4.79 Å². The van der Waals surface area contributed by atoms with Gasteiger partial charge in [-0.15, -0.1) is 0 Å². The molecule has 0 radical (unpaired) electrons. The number of ketones is 1. The van der Waals surface area contributed by atoms with E-state index in [9.17, 15) is 9.90 Å². The molecule has 0 unspecified atom stereocenters. The smallest absolute Gasteiger partial charge is 0.159 e. The third-order valence-corrected chi connectivity index (χ3v) is 12.2. The average Bonchev–Trinajstić information content (AvgIpc) is 3.27. The van der Waals surface area contributed by atoms with Crippen LogP contribution in [0.25, 0.3) is 44.3 Å². The molecule has 0 aliphatic heterocycles. The number of para-hydroxylation sites is 2. The lowest BCUT2D eigenvalue weighted by Gasteiger charge is -2.12. The summed E-state index contributed by atoms with van der Waals surface area (Å²) in [6.07, 6.45) is 9.33. The van der Waals surface area contributed by atoms with Gasteiger partial charge in [0, 0.05) is 40.8 Å². The van der Waals surface area contributed by atoms with Gasteiger partial charge in [-0.1, -0.05) is 119 Å². The number of carbonyl (C=O) groups excluding carboxylic acids is 1. The lowest BCUT2D eigenvalue weighted by molar-refractivity contribution is -0.114. The Morgan fingerprint density at radius 2 is 0.841 bits per heavy atom. The highest BCUT2D eigenvalue weighted by Gasteiger charge is 2.12. The van der Waals surface area contributed by atoms with E-state index in [0.717, 1.165) is 84.9 Å². The fraction of sp³-hybridized carbons (Fsp3) is 0.237. The van der Waals surface area contributed by atoms with Crippen molar-refractivity contribution in [2.75, 3.05) is 0 Å². The van der Waals surface area contributed by atoms with Crippen LogP contribution in [0.2, 0.25) is 0 Å². The molecule has 0 saturated carbocycles. The number of carbonyl (C=O) groups is 1. The molecule has 0 atom stereocenters. The van der Waals surface area contributed by atoms with Gasteiger partial charge < -0.3 is 5.11 Å². The summed E-state index contributed by atoms with van der Waals surface area (Å²) < 4.78 is 0. The van der Waals surface area contributed by atoms with Crippen molar-refractivity contribution >= 4 is 27.6 Å². The van der Waals surface area contributed by atoms with Crippen LogP contribution in [0.4, 0.5) is 0 Å². The molecule has 2 heterocycles. The molecule has 0 bridgehead atoms. The largest absolute Gasteiger partial charge is 0.512 e. The van der Waals surface area contributed by atoms with E-state index in [1.54, 1.807) is 0 Å². The molecular weight excluding hydrogens is 769 g/mol. The fourth-order valence-corrected chi connectivity index (χ4v) is 9.02. The Morgan fingerprint density at radius 3 is 1.27 bits per heavy atom. The van der Waals surface area contributed by atoms with E-state index in [4.69, 9.17) is 9.97 Å². The van der Waals surface area contributed by atoms with Crippen LogP contribution in [0.5, 0.6) is 0 Å². The van der Waals surface area contributed by atoms with E-state index in [-0.39, 0.29) is 11.5 Å². The monoisotopic (exact) mass is 826 g/mol. The first kappa shape index (κ1) is 43.0. The zero-order chi connectivity index (χ0) is 43.7. The molecule has 0 spiro atoms. The van der Waals surface area contributed by atoms with Crippen LogP contribution in [-0.4, -0.2) is 20.9 Å². The van der Waals surface area contributed by atoms with Crippen LogP contribution in [0.1, 0.15) is 81.3 Å². The first-order valence-electron chi connectivity index (χ1n) is 22.6. The Hall–Kier alpha value is -6.65. The standard InChI is InChI=1S/C59H58N2O2/c1-40-31-41(2)34-50(33-40)58-37-48(54-15-5-7-17-56(54)60-58)29-27-46-23-19-44(20-24-46)11-9-13-52(62)39-53(63)14-10-12-45-21-25-47(26-22-45)28-30-49-38-59(51-35-42(3)32-43(4)36-51)61-57-18-8-6-16-55(49)57/h5-8,15-26,31-39,62H,9-14,27-30H2,1-4H3. The molecule has 4 nitrogen and oxygen atoms in total. The van der Waals surface area contributed by atoms with E-state index < -0.39 is 0 Å². The first-order chi connectivity index (χ1) is 30.6. The number of rotatable bonds is 17. The number of aromatic nitrogens is 2. The fourth-order valence-electron chi connectivity index (χ4n) is 9.02. The maximum atomic E-state index is 12.7. The number of aryl methyl sites for hydroxylation is 10. The molecule has 1 N–H and O–H groups in total. The minimum atomic E-state index is -0.0127. The van der Waals surface area contributed by atoms with Gasteiger partial charge in [-0.2, -0.15) is 0 Å². The molecule has 0 aliphatic rings. The van der Waals surface area contributed by atoms with Gasteiger partial charge >= 0.3 is 0 Å². The van der Waals surface area contributed by atoms with Gasteiger partial charge in [-0.25, -0.2) is 9.97 Å². The number of hydrogen-bond acceptors (Lipinski definition) is 4. The van der Waals surface area contributed by atoms with Gasteiger partial charge in [-0.05, 0) is 161 Å². The zero-order valence-electron chi connectivity index (χ0n) is 37.3. The second kappa shape index (κ2) is 20.0. The molecule has 8 rings (SSSR count). The van der Waals surface area contributed by atoms with Gasteiger partial charge in [0.05, 0.1) is 28.2 Å². The summed E-state index contributed by atoms with van der Waals surface area (Å²) in [7, 11) is 0. The molecule has 8 aromatic rings. The quantitative estimate of drug-likeness (QED) is 0.0734. The maximum absolute atomic E-state index is 12.7. The van der Waals surface area contributed by atoms with Crippen LogP contribution in [0.3, 0.4) is 0 Å². The number of allylic oxidation sites excluding steroid dienone is 2. The highest BCUT2D eigenvalue weighted by molar-refractivity contribution is 5.90. The summed E-state index contributed by atoms with van der Waals surface area (Å²) in [5, 5.41) is 13.0. The molecule has 0 fully saturated rings. The van der Waals surface area contributed by atoms with E-state index >= 15 is 0 Å². The number of aliphatic hydroxyl groups is 1. The Bertz CT molecular complexity index is 2870. The first-order valence-corrected chi connectivity index (χ1v) is 22.6. The van der Waals surface area contributed by atoms with E-state index in [0.29, 0.717) is 12.8 Å². The van der Waals surface area contributed by atoms with Gasteiger partial charge in [0.15, 0.2) is 5.78 Å². The van der Waals surface area contributed by atoms with Gasteiger partial charge in [0.1, 0.15) is 0 Å². The second-order valence-electron chi connectivity index (χ2n) is 17.6. The molecule has 316 valence electrons. The van der Waals surface area contributed by atoms with Crippen molar-refractivity contribution in [1.29, 1.82) is 0 Å². The predicted molar refractivity (Wildman–Crippen MR) is 263 cm³/mol. The van der Waals surface area contributed by atoms with E-state index in [1.807, 2.05) is 0 Å². The second-order valence-corrected chi connectivity index (χ2v) is 17.6. The van der Waals surface area contributed by atoms with E-state index in [2.05, 4.69) is 173 Å². The summed E-state index contributed by atoms with van der Waals surface area (Å²) in [4.78, 5) is 22.8. The van der Waals surface area contributed by atoms with Crippen LogP contribution in [0.15, 0.2) is 157 Å². The molecule has 2 aromatic heterocycles. The Balaban J connectivity index is 0.773. The average molecular weight is 827 g/mol. The minimum Gasteiger partial charge on any atom is -0.512 e. The van der Waals surface area contributed by atoms with Crippen molar-refractivity contribution < 1.29 is 9.90 Å². The zero-order valence-corrected chi connectivity index (χ0v) is 37.3. The molecular formula is C59H58N2O2. The van der Waals surface area contributed by atoms with Crippen LogP contribution < -0.4 is 0 Å². The van der Waals surface area contributed by atoms with Crippen molar-refractivity contribution in [1.82, 2.24) is 9.97 Å². The summed E-state index contributed by atoms with van der Waals surface area (Å²) >= 11 is 0. The van der Waals surface area contributed by atoms with Crippen molar-refractivity contribution in [2.45, 2.75) is 91.9 Å². The predicted octanol–water partition coefficient (Wildman–Crippen LogP) is 14.3. The molecule has 63 heavy (non-hydrogen) atoms. The number of pyridine rings is 2. The highest BCUT2D eigenvalue weighted by Crippen LogP contribution is 2.29. The van der Waals surface area contributed by atoms with Crippen molar-refractivity contribution in [3.63, 3.8) is 0 Å². The van der Waals surface area contributed by atoms with Crippen molar-refractivity contribution in [3.05, 3.63) is 213 Å². The van der Waals surface area contributed by atoms with Crippen LogP contribution in [-0.2, 0) is 43.3 Å². The maximum Gasteiger partial charge on any atom is 0.159 e. The lowest BCUT2D eigenvalue weighted by atomic mass is 9.96. The molecule has 0 aliphatic carbocycles. The van der Waals surface area contributed by atoms with Crippen LogP contribution in [0, 0.1) is 27.7 Å². The SMILES string of the molecule is Cc1cc(C)cc(-c2cc(CCc3ccc(CCCC(=O)C=C(O)CCCc4ccc(CCc5cc(-c6cc(C)cc(C)c6)nc6ccccc56)cc4)cc3)c3ccccc3n2)c1. The number of fused-ring (bicyclic) bond motifs is 2. The molecule has 0 saturated heterocycles. The number of hydrogen-bond donors (Lipinski definition) is 1. The Kier molecular flexibility index (Phi) is 13.7. The van der Waals surface area contributed by atoms with Crippen molar-refractivity contribution in [3.8, 4) is 22.5 Å². The summed E-state index contributed by atoms with van der Waals surface area (Å²) in [5.74, 6) is 0.162. The van der Waals surface area contributed by atoms with Gasteiger partial charge in [0.2, 0.25) is 0 Å². The topological polar surface area (TPSA) is 63.1 Å². The third-order valence-electron chi connectivity index (χ3n) is 12.2. The normalized spacial score (nSPS) is 11.7. The summed E-state index contributed by atoms with van der Waals surface area (Å²) in [6, 6.07) is 52.4. The Labute approximate surface area is 373 Å². The molecule has 0 amide bonds. The highest BCUT2D eigenvalue weighted by atomic mass is 16.3. The lowest BCUT2D eigenvalue weighted by Crippen LogP contribution is -1.99. The van der Waals surface area contributed by atoms with Crippen molar-refractivity contribution in [2.24, 2.45) is 0 Å². The van der Waals surface area contributed by atoms with E-state index in [1.165, 1.54) is 72.5 Å². The number of aliphatic hydroxyl groups excluding tert-OH is 1. The number of benzene rings is 6. The number of nitrogens with zero attached hydrogens (tertiary/aromatic N) is 2. The summed E-state index contributed by atoms with van der Waals surface area (Å²) in [6.45, 7) is 8.56. The third kappa shape index (κ3) is 11.4. The van der Waals surface area contributed by atoms with Gasteiger partial charge in [0.25, 0.3) is 0 Å². The Morgan fingerprint density at radius 1 is 0.460 bits per heavy atom. The minimum absolute atomic E-state index is 0.0127. The summed E-state index contributed by atoms with van der Waals surface area (Å²) in [5.41, 5.74) is 19.1. The van der Waals surface area contributed by atoms with Crippen LogP contribution >= 0.6 is 0 Å². The molecule has 6 aromatic carbocycles.